The van der Waals surface area contributed by atoms with Gasteiger partial charge in [0, 0.05) is 33.5 Å². The standard InChI is InChI=1S/C25H21BrF3N3O5S/c1-2-19-30-22(13-7-8-13)23(24(33)34)32(19)11-16-14-9-10-37-12-17(14)21(26)20(16)15-5-3-4-6-18(15)31-38(35,36)25(27,28)29/h3-6,9-10,12-13,31H,2,7-8,11H2,1H3,(H,33,34). The van der Waals surface area contributed by atoms with E-state index < -0.39 is 21.5 Å². The molecule has 0 amide bonds. The third-order valence-electron chi connectivity index (χ3n) is 6.49. The van der Waals surface area contributed by atoms with Gasteiger partial charge in [-0.3, -0.25) is 4.72 Å². The summed E-state index contributed by atoms with van der Waals surface area (Å²) in [6.07, 6.45) is 5.05. The van der Waals surface area contributed by atoms with E-state index in [1.807, 2.05) is 6.92 Å². The van der Waals surface area contributed by atoms with Crippen LogP contribution in [-0.4, -0.2) is 34.6 Å². The Morgan fingerprint density at radius 2 is 1.92 bits per heavy atom. The first-order valence-corrected chi connectivity index (χ1v) is 13.9. The fourth-order valence-corrected chi connectivity index (χ4v) is 5.97. The average Bonchev–Trinajstić information content (AvgIpc) is 3.58. The van der Waals surface area contributed by atoms with E-state index in [-0.39, 0.29) is 29.4 Å². The molecule has 1 saturated carbocycles. The normalized spacial score (nSPS) is 14.2. The molecule has 2 aromatic rings. The van der Waals surface area contributed by atoms with Crippen LogP contribution in [0.4, 0.5) is 18.9 Å². The minimum atomic E-state index is -5.70. The number of imidazole rings is 1. The Morgan fingerprint density at radius 1 is 1.21 bits per heavy atom. The van der Waals surface area contributed by atoms with E-state index in [1.54, 1.807) is 21.4 Å². The molecule has 0 saturated heterocycles. The number of alkyl halides is 3. The number of para-hydroxylation sites is 1. The quantitative estimate of drug-likeness (QED) is 0.236. The van der Waals surface area contributed by atoms with Crippen LogP contribution in [-0.2, 0) is 23.0 Å². The first kappa shape index (κ1) is 26.3. The molecule has 1 aliphatic heterocycles. The number of anilines is 1. The van der Waals surface area contributed by atoms with Crippen LogP contribution in [0, 0.1) is 0 Å². The lowest BCUT2D eigenvalue weighted by Crippen LogP contribution is -2.30. The number of hydrogen-bond donors (Lipinski definition) is 2. The van der Waals surface area contributed by atoms with Crippen LogP contribution in [0.5, 0.6) is 0 Å². The minimum Gasteiger partial charge on any atom is -0.477 e. The highest BCUT2D eigenvalue weighted by Gasteiger charge is 2.46. The summed E-state index contributed by atoms with van der Waals surface area (Å²) in [7, 11) is -5.70. The second-order valence-corrected chi connectivity index (χ2v) is 11.4. The van der Waals surface area contributed by atoms with Crippen molar-refractivity contribution < 1.29 is 35.9 Å². The molecule has 0 bridgehead atoms. The van der Waals surface area contributed by atoms with E-state index in [2.05, 4.69) is 20.9 Å². The van der Waals surface area contributed by atoms with E-state index in [0.717, 1.165) is 12.8 Å². The lowest BCUT2D eigenvalue weighted by molar-refractivity contribution is -0.0429. The summed E-state index contributed by atoms with van der Waals surface area (Å²) in [5.41, 5.74) is -2.80. The molecule has 3 aliphatic rings. The van der Waals surface area contributed by atoms with Gasteiger partial charge in [0.25, 0.3) is 0 Å². The number of benzene rings is 1. The number of halogens is 4. The number of rotatable bonds is 8. The molecule has 2 heterocycles. The summed E-state index contributed by atoms with van der Waals surface area (Å²) < 4.78 is 72.6. The van der Waals surface area contributed by atoms with Crippen LogP contribution in [0.1, 0.15) is 53.3 Å². The fraction of sp³-hybridized carbons (Fsp3) is 0.280. The van der Waals surface area contributed by atoms with Crippen LogP contribution in [0.15, 0.2) is 51.7 Å². The van der Waals surface area contributed by atoms with Gasteiger partial charge in [0.1, 0.15) is 5.82 Å². The Bertz CT molecular complexity index is 1620. The van der Waals surface area contributed by atoms with Gasteiger partial charge in [-0.2, -0.15) is 21.6 Å². The number of carbonyl (C=O) groups is 1. The van der Waals surface area contributed by atoms with Crippen molar-refractivity contribution in [3.8, 4) is 22.3 Å². The number of hydrogen-bond acceptors (Lipinski definition) is 5. The van der Waals surface area contributed by atoms with E-state index in [0.29, 0.717) is 44.7 Å². The summed E-state index contributed by atoms with van der Waals surface area (Å²) in [6.45, 7) is 1.90. The van der Waals surface area contributed by atoms with Crippen LogP contribution in [0.2, 0.25) is 0 Å². The molecular formula is C25H21BrF3N3O5S. The van der Waals surface area contributed by atoms with Crippen molar-refractivity contribution in [2.45, 2.75) is 44.2 Å². The topological polar surface area (TPSA) is 114 Å². The Labute approximate surface area is 224 Å². The van der Waals surface area contributed by atoms with Gasteiger partial charge < -0.3 is 14.1 Å². The smallest absolute Gasteiger partial charge is 0.477 e. The van der Waals surface area contributed by atoms with Crippen molar-refractivity contribution in [1.82, 2.24) is 9.55 Å². The summed E-state index contributed by atoms with van der Waals surface area (Å²) in [5.74, 6) is -0.483. The maximum absolute atomic E-state index is 13.2. The Balaban J connectivity index is 1.73. The zero-order chi connectivity index (χ0) is 27.4. The molecule has 200 valence electrons. The van der Waals surface area contributed by atoms with E-state index in [9.17, 15) is 31.5 Å². The summed E-state index contributed by atoms with van der Waals surface area (Å²) in [4.78, 5) is 17.0. The van der Waals surface area contributed by atoms with E-state index in [4.69, 9.17) is 4.42 Å². The molecule has 1 aromatic carbocycles. The van der Waals surface area contributed by atoms with Gasteiger partial charge in [-0.05, 0) is 52.0 Å². The molecule has 13 heteroatoms. The number of carboxylic acid groups (broad SMARTS) is 1. The van der Waals surface area contributed by atoms with Crippen LogP contribution >= 0.6 is 15.9 Å². The van der Waals surface area contributed by atoms with Gasteiger partial charge in [-0.15, -0.1) is 0 Å². The van der Waals surface area contributed by atoms with Crippen molar-refractivity contribution in [3.05, 3.63) is 70.1 Å². The minimum absolute atomic E-state index is 0.0341. The van der Waals surface area contributed by atoms with Crippen molar-refractivity contribution in [2.75, 3.05) is 4.72 Å². The lowest BCUT2D eigenvalue weighted by Gasteiger charge is -2.17. The molecule has 1 fully saturated rings. The van der Waals surface area contributed by atoms with Gasteiger partial charge in [-0.1, -0.05) is 25.1 Å². The predicted molar refractivity (Wildman–Crippen MR) is 137 cm³/mol. The average molecular weight is 612 g/mol. The number of sulfonamides is 1. The third kappa shape index (κ3) is 4.47. The van der Waals surface area contributed by atoms with Crippen molar-refractivity contribution in [3.63, 3.8) is 0 Å². The first-order valence-electron chi connectivity index (χ1n) is 11.6. The number of aromatic carboxylic acids is 1. The number of nitrogens with zero attached hydrogens (tertiary/aromatic N) is 2. The third-order valence-corrected chi connectivity index (χ3v) is 8.41. The SMILES string of the molecule is CCc1nc(C2CC2)c(C(=O)O)n1Cc1c2ccocc-2c(Br)c1-c1ccccc1NS(=O)(=O)C(F)(F)F. The van der Waals surface area contributed by atoms with Gasteiger partial charge in [0.2, 0.25) is 0 Å². The van der Waals surface area contributed by atoms with Crippen molar-refractivity contribution in [2.24, 2.45) is 0 Å². The van der Waals surface area contributed by atoms with Crippen LogP contribution in [0.3, 0.4) is 0 Å². The number of nitrogens with one attached hydrogen (secondary N) is 1. The summed E-state index contributed by atoms with van der Waals surface area (Å²) in [6, 6.07) is 7.39. The molecule has 0 unspecified atom stereocenters. The monoisotopic (exact) mass is 611 g/mol. The van der Waals surface area contributed by atoms with Crippen molar-refractivity contribution in [1.29, 1.82) is 0 Å². The molecule has 38 heavy (non-hydrogen) atoms. The first-order chi connectivity index (χ1) is 17.9. The number of aryl methyl sites for hydroxylation is 1. The molecule has 1 aromatic heterocycles. The number of fused-ring (bicyclic) bond motifs is 1. The molecule has 0 atom stereocenters. The highest BCUT2D eigenvalue weighted by molar-refractivity contribution is 9.10. The Morgan fingerprint density at radius 3 is 2.55 bits per heavy atom. The molecule has 0 radical (unpaired) electrons. The van der Waals surface area contributed by atoms with Gasteiger partial charge in [-0.25, -0.2) is 9.78 Å². The number of aromatic nitrogens is 2. The molecular weight excluding hydrogens is 591 g/mol. The van der Waals surface area contributed by atoms with Gasteiger partial charge >= 0.3 is 21.5 Å². The maximum atomic E-state index is 13.2. The second-order valence-electron chi connectivity index (χ2n) is 8.93. The highest BCUT2D eigenvalue weighted by Crippen LogP contribution is 2.49. The summed E-state index contributed by atoms with van der Waals surface area (Å²) >= 11 is 3.53. The zero-order valence-corrected chi connectivity index (χ0v) is 22.2. The molecule has 2 aliphatic carbocycles. The molecule has 8 nitrogen and oxygen atoms in total. The largest absolute Gasteiger partial charge is 0.516 e. The Hall–Kier alpha value is -3.32. The van der Waals surface area contributed by atoms with Gasteiger partial charge in [0.05, 0.1) is 30.5 Å². The summed E-state index contributed by atoms with van der Waals surface area (Å²) in [5, 5.41) is 10.1. The second kappa shape index (κ2) is 9.45. The van der Waals surface area contributed by atoms with E-state index >= 15 is 0 Å². The highest BCUT2D eigenvalue weighted by atomic mass is 79.9. The van der Waals surface area contributed by atoms with Crippen molar-refractivity contribution >= 4 is 37.6 Å². The predicted octanol–water partition coefficient (Wildman–Crippen LogP) is 6.46. The lowest BCUT2D eigenvalue weighted by atomic mass is 10.0. The Kier molecular flexibility index (Phi) is 6.54. The fourth-order valence-electron chi connectivity index (χ4n) is 4.63. The number of carboxylic acids is 1. The van der Waals surface area contributed by atoms with E-state index in [1.165, 1.54) is 30.7 Å². The van der Waals surface area contributed by atoms with Gasteiger partial charge in [0.15, 0.2) is 5.69 Å². The molecule has 5 rings (SSSR count). The maximum Gasteiger partial charge on any atom is 0.516 e. The van der Waals surface area contributed by atoms with Crippen LogP contribution in [0.25, 0.3) is 22.3 Å². The zero-order valence-electron chi connectivity index (χ0n) is 19.8. The molecule has 0 spiro atoms. The van der Waals surface area contributed by atoms with Crippen LogP contribution < -0.4 is 4.72 Å². The molecule has 2 N–H and O–H groups in total.